The van der Waals surface area contributed by atoms with Gasteiger partial charge in [-0.15, -0.1) is 0 Å². The summed E-state index contributed by atoms with van der Waals surface area (Å²) in [7, 11) is 0. The molecular formula is C17H16N2O6. The van der Waals surface area contributed by atoms with E-state index in [9.17, 15) is 24.5 Å². The summed E-state index contributed by atoms with van der Waals surface area (Å²) in [6.07, 6.45) is 4.79. The lowest BCUT2D eigenvalue weighted by atomic mass is 9.85. The smallest absolute Gasteiger partial charge is 0.326 e. The molecule has 1 heterocycles. The lowest BCUT2D eigenvalue weighted by molar-refractivity contribution is -0.384. The second-order valence-electron chi connectivity index (χ2n) is 6.00. The Morgan fingerprint density at radius 1 is 1.12 bits per heavy atom. The van der Waals surface area contributed by atoms with Crippen molar-refractivity contribution in [3.05, 3.63) is 52.1 Å². The van der Waals surface area contributed by atoms with Gasteiger partial charge in [0.15, 0.2) is 0 Å². The molecule has 3 rings (SSSR count). The molecule has 0 spiro atoms. The first-order chi connectivity index (χ1) is 12.0. The molecular weight excluding hydrogens is 328 g/mol. The Kier molecular flexibility index (Phi) is 4.60. The van der Waals surface area contributed by atoms with Gasteiger partial charge in [-0.05, 0) is 30.5 Å². The van der Waals surface area contributed by atoms with E-state index in [0.717, 1.165) is 4.90 Å². The van der Waals surface area contributed by atoms with Gasteiger partial charge < -0.3 is 4.74 Å². The van der Waals surface area contributed by atoms with Gasteiger partial charge in [0, 0.05) is 12.1 Å². The zero-order valence-corrected chi connectivity index (χ0v) is 13.3. The minimum atomic E-state index is -0.688. The molecule has 1 aliphatic carbocycles. The number of amides is 2. The second kappa shape index (κ2) is 6.84. The summed E-state index contributed by atoms with van der Waals surface area (Å²) in [6.45, 7) is -0.487. The Morgan fingerprint density at radius 3 is 2.20 bits per heavy atom. The molecule has 1 aliphatic heterocycles. The van der Waals surface area contributed by atoms with Crippen LogP contribution in [-0.4, -0.2) is 34.2 Å². The molecule has 0 radical (unpaired) electrons. The summed E-state index contributed by atoms with van der Waals surface area (Å²) in [4.78, 5) is 47.5. The maximum atomic E-state index is 12.3. The zero-order chi connectivity index (χ0) is 18.0. The van der Waals surface area contributed by atoms with Crippen molar-refractivity contribution in [1.29, 1.82) is 0 Å². The fourth-order valence-corrected chi connectivity index (χ4v) is 3.08. The van der Waals surface area contributed by atoms with Crippen molar-refractivity contribution in [2.75, 3.05) is 6.54 Å². The third-order valence-corrected chi connectivity index (χ3v) is 4.43. The fourth-order valence-electron chi connectivity index (χ4n) is 3.08. The number of nitro groups is 1. The van der Waals surface area contributed by atoms with Gasteiger partial charge in [-0.1, -0.05) is 12.2 Å². The number of nitrogens with zero attached hydrogens (tertiary/aromatic N) is 2. The number of nitro benzene ring substituents is 1. The number of hydrogen-bond donors (Lipinski definition) is 0. The highest BCUT2D eigenvalue weighted by Crippen LogP contribution is 2.34. The van der Waals surface area contributed by atoms with Gasteiger partial charge in [-0.2, -0.15) is 0 Å². The van der Waals surface area contributed by atoms with Crippen molar-refractivity contribution in [2.24, 2.45) is 11.8 Å². The van der Waals surface area contributed by atoms with E-state index < -0.39 is 17.4 Å². The number of fused-ring (bicyclic) bond motifs is 1. The molecule has 2 aliphatic rings. The number of imide groups is 1. The molecule has 0 N–H and O–H groups in total. The van der Waals surface area contributed by atoms with Crippen LogP contribution in [-0.2, 0) is 25.7 Å². The van der Waals surface area contributed by atoms with Crippen LogP contribution in [0, 0.1) is 22.0 Å². The van der Waals surface area contributed by atoms with E-state index in [4.69, 9.17) is 4.74 Å². The van der Waals surface area contributed by atoms with E-state index in [1.54, 1.807) is 0 Å². The number of likely N-dealkylation sites (tertiary alicyclic amines) is 1. The molecule has 1 saturated heterocycles. The number of esters is 1. The summed E-state index contributed by atoms with van der Waals surface area (Å²) in [5.74, 6) is -2.09. The van der Waals surface area contributed by atoms with Crippen molar-refractivity contribution < 1.29 is 24.0 Å². The first kappa shape index (κ1) is 16.8. The average Bonchev–Trinajstić information content (AvgIpc) is 2.86. The molecule has 0 unspecified atom stereocenters. The highest BCUT2D eigenvalue weighted by Gasteiger charge is 2.47. The number of ether oxygens (including phenoxy) is 1. The molecule has 1 aromatic rings. The summed E-state index contributed by atoms with van der Waals surface area (Å²) in [6, 6.07) is 5.60. The third kappa shape index (κ3) is 3.42. The number of rotatable bonds is 5. The Morgan fingerprint density at radius 2 is 1.68 bits per heavy atom. The van der Waals surface area contributed by atoms with E-state index in [2.05, 4.69) is 0 Å². The second-order valence-corrected chi connectivity index (χ2v) is 6.00. The maximum Gasteiger partial charge on any atom is 0.326 e. The Labute approximate surface area is 143 Å². The molecule has 0 saturated carbocycles. The standard InChI is InChI=1S/C17H16N2O6/c20-15(25-10-11-5-7-12(8-6-11)19(23)24)9-18-16(21)13-3-1-2-4-14(13)17(18)22/h1-2,5-8,13-14H,3-4,9-10H2/t13-,14-/m1/s1. The van der Waals surface area contributed by atoms with E-state index in [0.29, 0.717) is 18.4 Å². The highest BCUT2D eigenvalue weighted by atomic mass is 16.6. The van der Waals surface area contributed by atoms with E-state index in [1.165, 1.54) is 24.3 Å². The maximum absolute atomic E-state index is 12.3. The average molecular weight is 344 g/mol. The van der Waals surface area contributed by atoms with E-state index in [-0.39, 0.29) is 35.9 Å². The minimum absolute atomic E-state index is 0.0560. The first-order valence-corrected chi connectivity index (χ1v) is 7.86. The van der Waals surface area contributed by atoms with Crippen LogP contribution in [0.4, 0.5) is 5.69 Å². The largest absolute Gasteiger partial charge is 0.459 e. The highest BCUT2D eigenvalue weighted by molar-refractivity contribution is 6.07. The van der Waals surface area contributed by atoms with Gasteiger partial charge in [-0.25, -0.2) is 0 Å². The molecule has 8 nitrogen and oxygen atoms in total. The molecule has 1 aromatic carbocycles. The van der Waals surface area contributed by atoms with Gasteiger partial charge in [0.05, 0.1) is 16.8 Å². The molecule has 0 aromatic heterocycles. The lowest BCUT2D eigenvalue weighted by Gasteiger charge is -2.14. The molecule has 2 amide bonds. The van der Waals surface area contributed by atoms with E-state index >= 15 is 0 Å². The predicted molar refractivity (Wildman–Crippen MR) is 85.0 cm³/mol. The normalized spacial score (nSPS) is 22.0. The third-order valence-electron chi connectivity index (χ3n) is 4.43. The number of carbonyl (C=O) groups is 3. The van der Waals surface area contributed by atoms with Gasteiger partial charge >= 0.3 is 5.97 Å². The van der Waals surface area contributed by atoms with Crippen molar-refractivity contribution >= 4 is 23.5 Å². The lowest BCUT2D eigenvalue weighted by Crippen LogP contribution is -2.36. The van der Waals surface area contributed by atoms with Crippen molar-refractivity contribution in [3.63, 3.8) is 0 Å². The van der Waals surface area contributed by atoms with Crippen molar-refractivity contribution in [2.45, 2.75) is 19.4 Å². The first-order valence-electron chi connectivity index (χ1n) is 7.86. The number of carbonyl (C=O) groups excluding carboxylic acids is 3. The Hall–Kier alpha value is -3.03. The van der Waals surface area contributed by atoms with E-state index in [1.807, 2.05) is 12.2 Å². The molecule has 130 valence electrons. The number of allylic oxidation sites excluding steroid dienone is 2. The summed E-state index contributed by atoms with van der Waals surface area (Å²) in [5, 5.41) is 10.6. The van der Waals surface area contributed by atoms with Crippen LogP contribution in [0.2, 0.25) is 0 Å². The quantitative estimate of drug-likeness (QED) is 0.264. The Bertz CT molecular complexity index is 729. The Balaban J connectivity index is 1.55. The topological polar surface area (TPSA) is 107 Å². The number of non-ortho nitro benzene ring substituents is 1. The molecule has 0 bridgehead atoms. The fraction of sp³-hybridized carbons (Fsp3) is 0.353. The molecule has 1 fully saturated rings. The van der Waals surface area contributed by atoms with Crippen LogP contribution in [0.3, 0.4) is 0 Å². The van der Waals surface area contributed by atoms with Gasteiger partial charge in [0.1, 0.15) is 13.2 Å². The number of benzene rings is 1. The summed E-state index contributed by atoms with van der Waals surface area (Å²) < 4.78 is 5.07. The van der Waals surface area contributed by atoms with Gasteiger partial charge in [0.2, 0.25) is 11.8 Å². The molecule has 25 heavy (non-hydrogen) atoms. The van der Waals surface area contributed by atoms with Gasteiger partial charge in [-0.3, -0.25) is 29.4 Å². The summed E-state index contributed by atoms with van der Waals surface area (Å²) in [5.41, 5.74) is 0.524. The molecule has 8 heteroatoms. The van der Waals surface area contributed by atoms with Crippen LogP contribution in [0.5, 0.6) is 0 Å². The van der Waals surface area contributed by atoms with Crippen LogP contribution >= 0.6 is 0 Å². The van der Waals surface area contributed by atoms with Gasteiger partial charge in [0.25, 0.3) is 5.69 Å². The van der Waals surface area contributed by atoms with Crippen LogP contribution in [0.15, 0.2) is 36.4 Å². The zero-order valence-electron chi connectivity index (χ0n) is 13.3. The SMILES string of the molecule is O=C(CN1C(=O)[C@@H]2CC=CC[C@H]2C1=O)OCc1ccc([N+](=O)[O-])cc1. The van der Waals surface area contributed by atoms with Crippen LogP contribution < -0.4 is 0 Å². The predicted octanol–water partition coefficient (Wildman–Crippen LogP) is 1.59. The molecule has 2 atom stereocenters. The summed E-state index contributed by atoms with van der Waals surface area (Å²) >= 11 is 0. The monoisotopic (exact) mass is 344 g/mol. The number of hydrogen-bond acceptors (Lipinski definition) is 6. The van der Waals surface area contributed by atoms with Crippen LogP contribution in [0.25, 0.3) is 0 Å². The minimum Gasteiger partial charge on any atom is -0.459 e. The van der Waals surface area contributed by atoms with Crippen LogP contribution in [0.1, 0.15) is 18.4 Å². The van der Waals surface area contributed by atoms with Crippen molar-refractivity contribution in [1.82, 2.24) is 4.90 Å². The van der Waals surface area contributed by atoms with Crippen molar-refractivity contribution in [3.8, 4) is 0 Å².